The molecule has 0 radical (unpaired) electrons. The quantitative estimate of drug-likeness (QED) is 0.710. The van der Waals surface area contributed by atoms with Crippen molar-refractivity contribution >= 4 is 34.8 Å². The second-order valence-electron chi connectivity index (χ2n) is 7.18. The number of aromatic nitrogens is 3. The number of rotatable bonds is 3. The summed E-state index contributed by atoms with van der Waals surface area (Å²) in [7, 11) is 0. The molecule has 29 heavy (non-hydrogen) atoms. The summed E-state index contributed by atoms with van der Waals surface area (Å²) >= 11 is 6.20. The van der Waals surface area contributed by atoms with E-state index in [9.17, 15) is 4.79 Å². The van der Waals surface area contributed by atoms with Gasteiger partial charge in [0.2, 0.25) is 11.9 Å². The van der Waals surface area contributed by atoms with E-state index in [0.717, 1.165) is 19.4 Å². The van der Waals surface area contributed by atoms with Crippen LogP contribution < -0.4 is 19.7 Å². The maximum atomic E-state index is 12.9. The van der Waals surface area contributed by atoms with Crippen molar-refractivity contribution in [2.75, 3.05) is 36.5 Å². The normalized spacial score (nSPS) is 18.7. The molecule has 1 unspecified atom stereocenters. The van der Waals surface area contributed by atoms with Gasteiger partial charge in [-0.3, -0.25) is 9.20 Å². The number of benzene rings is 1. The van der Waals surface area contributed by atoms with E-state index in [4.69, 9.17) is 21.1 Å². The van der Waals surface area contributed by atoms with Crippen molar-refractivity contribution in [2.45, 2.75) is 12.8 Å². The van der Waals surface area contributed by atoms with Gasteiger partial charge in [-0.25, -0.2) is 0 Å². The summed E-state index contributed by atoms with van der Waals surface area (Å²) in [6.45, 7) is 2.45. The molecule has 9 heteroatoms. The Morgan fingerprint density at radius 2 is 2.03 bits per heavy atom. The molecule has 1 amide bonds. The smallest absolute Gasteiger partial charge is 0.231 e. The first-order chi connectivity index (χ1) is 14.2. The molecule has 1 aromatic carbocycles. The van der Waals surface area contributed by atoms with Crippen LogP contribution in [0.15, 0.2) is 36.5 Å². The van der Waals surface area contributed by atoms with Crippen LogP contribution in [0.3, 0.4) is 0 Å². The molecular formula is C20H20ClN5O3. The van der Waals surface area contributed by atoms with Crippen molar-refractivity contribution in [3.05, 3.63) is 41.6 Å². The molecule has 0 saturated carbocycles. The lowest BCUT2D eigenvalue weighted by Gasteiger charge is -2.32. The van der Waals surface area contributed by atoms with Gasteiger partial charge in [-0.05, 0) is 37.1 Å². The van der Waals surface area contributed by atoms with Gasteiger partial charge in [0.1, 0.15) is 13.2 Å². The number of fused-ring (bicyclic) bond motifs is 2. The molecule has 0 aliphatic carbocycles. The fourth-order valence-electron chi connectivity index (χ4n) is 3.83. The monoisotopic (exact) mass is 413 g/mol. The van der Waals surface area contributed by atoms with Crippen molar-refractivity contribution in [3.63, 3.8) is 0 Å². The molecule has 5 rings (SSSR count). The number of anilines is 2. The zero-order valence-corrected chi connectivity index (χ0v) is 16.4. The number of hydrogen-bond acceptors (Lipinski definition) is 6. The van der Waals surface area contributed by atoms with E-state index in [1.54, 1.807) is 12.1 Å². The first kappa shape index (κ1) is 18.1. The summed E-state index contributed by atoms with van der Waals surface area (Å²) in [5.74, 6) is 1.91. The minimum Gasteiger partial charge on any atom is -0.486 e. The zero-order valence-electron chi connectivity index (χ0n) is 15.7. The van der Waals surface area contributed by atoms with Crippen molar-refractivity contribution < 1.29 is 14.3 Å². The van der Waals surface area contributed by atoms with Crippen LogP contribution in [0.5, 0.6) is 11.5 Å². The van der Waals surface area contributed by atoms with E-state index in [2.05, 4.69) is 20.4 Å². The van der Waals surface area contributed by atoms with E-state index in [0.29, 0.717) is 53.6 Å². The van der Waals surface area contributed by atoms with Gasteiger partial charge >= 0.3 is 0 Å². The lowest BCUT2D eigenvalue weighted by molar-refractivity contribution is -0.120. The van der Waals surface area contributed by atoms with Crippen molar-refractivity contribution in [3.8, 4) is 11.5 Å². The lowest BCUT2D eigenvalue weighted by atomic mass is 9.97. The van der Waals surface area contributed by atoms with Gasteiger partial charge in [0, 0.05) is 31.0 Å². The molecule has 2 aliphatic heterocycles. The molecular weight excluding hydrogens is 394 g/mol. The maximum Gasteiger partial charge on any atom is 0.231 e. The standard InChI is InChI=1S/C20H20ClN5O3/c21-15-4-2-8-26-18(15)23-24-20(26)25-7-1-3-13(12-25)19(27)22-14-5-6-16-17(11-14)29-10-9-28-16/h2,4-6,8,11,13H,1,3,7,9-10,12H2,(H,22,27). The highest BCUT2D eigenvalue weighted by Gasteiger charge is 2.28. The van der Waals surface area contributed by atoms with Crippen molar-refractivity contribution in [2.24, 2.45) is 5.92 Å². The Kier molecular flexibility index (Phi) is 4.63. The molecule has 2 aliphatic rings. The van der Waals surface area contributed by atoms with Gasteiger partial charge in [-0.1, -0.05) is 11.6 Å². The average molecular weight is 414 g/mol. The summed E-state index contributed by atoms with van der Waals surface area (Å²) in [6, 6.07) is 9.11. The Morgan fingerprint density at radius 3 is 2.93 bits per heavy atom. The number of hydrogen-bond donors (Lipinski definition) is 1. The number of pyridine rings is 1. The van der Waals surface area contributed by atoms with Crippen LogP contribution in [0, 0.1) is 5.92 Å². The second-order valence-corrected chi connectivity index (χ2v) is 7.59. The van der Waals surface area contributed by atoms with Crippen LogP contribution in [-0.2, 0) is 4.79 Å². The number of nitrogens with one attached hydrogen (secondary N) is 1. The number of amides is 1. The summed E-state index contributed by atoms with van der Waals surface area (Å²) in [6.07, 6.45) is 3.61. The molecule has 8 nitrogen and oxygen atoms in total. The van der Waals surface area contributed by atoms with Crippen LogP contribution in [-0.4, -0.2) is 46.8 Å². The first-order valence-electron chi connectivity index (χ1n) is 9.64. The highest BCUT2D eigenvalue weighted by Crippen LogP contribution is 2.33. The van der Waals surface area contributed by atoms with Gasteiger partial charge < -0.3 is 19.7 Å². The number of halogens is 1. The van der Waals surface area contributed by atoms with Gasteiger partial charge in [0.05, 0.1) is 10.9 Å². The second kappa shape index (κ2) is 7.44. The van der Waals surface area contributed by atoms with Gasteiger partial charge in [-0.15, -0.1) is 10.2 Å². The Morgan fingerprint density at radius 1 is 1.17 bits per heavy atom. The molecule has 0 spiro atoms. The molecule has 1 N–H and O–H groups in total. The minimum atomic E-state index is -0.150. The van der Waals surface area contributed by atoms with Crippen LogP contribution in [0.4, 0.5) is 11.6 Å². The Labute approximate surface area is 172 Å². The zero-order chi connectivity index (χ0) is 19.8. The number of carbonyl (C=O) groups is 1. The van der Waals surface area contributed by atoms with Crippen molar-refractivity contribution in [1.29, 1.82) is 0 Å². The largest absolute Gasteiger partial charge is 0.486 e. The molecule has 2 aromatic heterocycles. The number of piperidine rings is 1. The highest BCUT2D eigenvalue weighted by molar-refractivity contribution is 6.33. The van der Waals surface area contributed by atoms with Crippen LogP contribution in [0.1, 0.15) is 12.8 Å². The maximum absolute atomic E-state index is 12.9. The first-order valence-corrected chi connectivity index (χ1v) is 10.0. The molecule has 4 heterocycles. The molecule has 150 valence electrons. The van der Waals surface area contributed by atoms with E-state index >= 15 is 0 Å². The average Bonchev–Trinajstić information content (AvgIpc) is 3.19. The summed E-state index contributed by atoms with van der Waals surface area (Å²) in [5.41, 5.74) is 1.32. The van der Waals surface area contributed by atoms with E-state index in [-0.39, 0.29) is 11.8 Å². The summed E-state index contributed by atoms with van der Waals surface area (Å²) in [4.78, 5) is 15.0. The van der Waals surface area contributed by atoms with E-state index in [1.165, 1.54) is 0 Å². The molecule has 3 aromatic rings. The predicted octanol–water partition coefficient (Wildman–Crippen LogP) is 3.01. The van der Waals surface area contributed by atoms with Crippen LogP contribution >= 0.6 is 11.6 Å². The van der Waals surface area contributed by atoms with E-state index in [1.807, 2.05) is 28.8 Å². The minimum absolute atomic E-state index is 0.0155. The molecule has 0 bridgehead atoms. The summed E-state index contributed by atoms with van der Waals surface area (Å²) < 4.78 is 13.0. The Bertz CT molecular complexity index is 1070. The number of nitrogens with zero attached hydrogens (tertiary/aromatic N) is 4. The third kappa shape index (κ3) is 3.44. The third-order valence-electron chi connectivity index (χ3n) is 5.25. The fourth-order valence-corrected chi connectivity index (χ4v) is 4.03. The van der Waals surface area contributed by atoms with Crippen LogP contribution in [0.2, 0.25) is 5.02 Å². The fraction of sp³-hybridized carbons (Fsp3) is 0.350. The topological polar surface area (TPSA) is 81.0 Å². The number of ether oxygens (including phenoxy) is 2. The van der Waals surface area contributed by atoms with Crippen molar-refractivity contribution in [1.82, 2.24) is 14.6 Å². The van der Waals surface area contributed by atoms with Crippen LogP contribution in [0.25, 0.3) is 5.65 Å². The van der Waals surface area contributed by atoms with Gasteiger partial charge in [0.25, 0.3) is 0 Å². The Hall–Kier alpha value is -3.00. The van der Waals surface area contributed by atoms with Gasteiger partial charge in [0.15, 0.2) is 17.1 Å². The lowest BCUT2D eigenvalue weighted by Crippen LogP contribution is -2.41. The molecule has 1 atom stereocenters. The predicted molar refractivity (Wildman–Crippen MR) is 109 cm³/mol. The SMILES string of the molecule is O=C(Nc1ccc2c(c1)OCCO2)C1CCCN(c2nnc3c(Cl)cccn23)C1. The van der Waals surface area contributed by atoms with Gasteiger partial charge in [-0.2, -0.15) is 0 Å². The third-order valence-corrected chi connectivity index (χ3v) is 5.55. The summed E-state index contributed by atoms with van der Waals surface area (Å²) in [5, 5.41) is 12.0. The Balaban J connectivity index is 1.31. The van der Waals surface area contributed by atoms with E-state index < -0.39 is 0 Å². The number of carbonyl (C=O) groups excluding carboxylic acids is 1. The molecule has 1 saturated heterocycles. The highest BCUT2D eigenvalue weighted by atomic mass is 35.5. The molecule has 1 fully saturated rings.